The molecule has 6 heteroatoms. The molecule has 0 radical (unpaired) electrons. The van der Waals surface area contributed by atoms with E-state index in [0.717, 1.165) is 25.1 Å². The number of anilines is 1. The van der Waals surface area contributed by atoms with Crippen molar-refractivity contribution in [1.29, 1.82) is 0 Å². The molecule has 0 aliphatic carbocycles. The van der Waals surface area contributed by atoms with Gasteiger partial charge in [-0.05, 0) is 31.7 Å². The van der Waals surface area contributed by atoms with Gasteiger partial charge in [0.05, 0.1) is 17.9 Å². The molecule has 2 atom stereocenters. The number of hydrogen-bond acceptors (Lipinski definition) is 4. The van der Waals surface area contributed by atoms with Gasteiger partial charge in [0.25, 0.3) is 5.91 Å². The number of nitrogens with two attached hydrogens (primary N) is 1. The van der Waals surface area contributed by atoms with Crippen LogP contribution in [0.1, 0.15) is 36.0 Å². The Hall–Kier alpha value is -1.69. The van der Waals surface area contributed by atoms with Gasteiger partial charge in [-0.3, -0.25) is 4.79 Å². The van der Waals surface area contributed by atoms with Gasteiger partial charge in [-0.25, -0.2) is 9.37 Å². The maximum absolute atomic E-state index is 13.2. The number of fused-ring (bicyclic) bond motifs is 2. The lowest BCUT2D eigenvalue weighted by Gasteiger charge is -2.37. The molecule has 0 saturated carbocycles. The minimum atomic E-state index is -0.568. The number of carbonyl (C=O) groups is 1. The molecule has 1 aromatic rings. The second kappa shape index (κ2) is 4.45. The number of aromatic nitrogens is 1. The Morgan fingerprint density at radius 2 is 2.05 bits per heavy atom. The fraction of sp³-hybridized carbons (Fsp3) is 0.538. The van der Waals surface area contributed by atoms with Crippen molar-refractivity contribution in [3.8, 4) is 0 Å². The Bertz CT molecular complexity index is 509. The van der Waals surface area contributed by atoms with Gasteiger partial charge in [-0.2, -0.15) is 0 Å². The number of carbonyl (C=O) groups excluding carboxylic acids is 1. The molecule has 3 heterocycles. The molecule has 1 amide bonds. The van der Waals surface area contributed by atoms with Crippen molar-refractivity contribution < 1.29 is 14.3 Å². The van der Waals surface area contributed by atoms with Crippen LogP contribution in [0, 0.1) is 5.82 Å². The maximum Gasteiger partial charge on any atom is 0.258 e. The normalized spacial score (nSPS) is 29.6. The zero-order chi connectivity index (χ0) is 13.6. The van der Waals surface area contributed by atoms with Crippen LogP contribution in [0.3, 0.4) is 0 Å². The number of pyridine rings is 1. The molecule has 2 unspecified atom stereocenters. The maximum atomic E-state index is 13.2. The van der Waals surface area contributed by atoms with E-state index in [1.165, 1.54) is 0 Å². The van der Waals surface area contributed by atoms with Gasteiger partial charge in [0.1, 0.15) is 11.6 Å². The van der Waals surface area contributed by atoms with Crippen LogP contribution in [-0.2, 0) is 0 Å². The second-order valence-electron chi connectivity index (χ2n) is 5.31. The first-order chi connectivity index (χ1) is 9.06. The highest BCUT2D eigenvalue weighted by atomic mass is 19.1. The zero-order valence-corrected chi connectivity index (χ0v) is 10.4. The highest BCUT2D eigenvalue weighted by Crippen LogP contribution is 2.37. The molecule has 1 aromatic heterocycles. The molecule has 5 nitrogen and oxygen atoms in total. The molecule has 3 rings (SSSR count). The van der Waals surface area contributed by atoms with E-state index in [0.29, 0.717) is 12.8 Å². The minimum absolute atomic E-state index is 0.0314. The van der Waals surface area contributed by atoms with E-state index in [-0.39, 0.29) is 35.5 Å². The van der Waals surface area contributed by atoms with E-state index >= 15 is 0 Å². The molecule has 2 fully saturated rings. The van der Waals surface area contributed by atoms with Gasteiger partial charge in [0.15, 0.2) is 0 Å². The first-order valence-corrected chi connectivity index (χ1v) is 6.48. The summed E-state index contributed by atoms with van der Waals surface area (Å²) in [5.41, 5.74) is 5.78. The molecular formula is C13H16FN3O2. The topological polar surface area (TPSA) is 79.5 Å². The molecule has 102 valence electrons. The third kappa shape index (κ3) is 2.06. The van der Waals surface area contributed by atoms with Crippen molar-refractivity contribution in [2.75, 3.05) is 5.73 Å². The summed E-state index contributed by atoms with van der Waals surface area (Å²) < 4.78 is 13.2. The number of nitrogens with zero attached hydrogens (tertiary/aromatic N) is 2. The standard InChI is InChI=1S/C13H16FN3O2/c14-7-3-11(12(15)16-6-7)13(19)17-8-1-2-9(17)5-10(18)4-8/h3,6,8-10,18H,1-2,4-5H2,(H2,15,16). The van der Waals surface area contributed by atoms with Crippen LogP contribution in [0.4, 0.5) is 10.2 Å². The van der Waals surface area contributed by atoms with Crippen molar-refractivity contribution in [3.05, 3.63) is 23.6 Å². The highest BCUT2D eigenvalue weighted by molar-refractivity contribution is 5.98. The lowest BCUT2D eigenvalue weighted by molar-refractivity contribution is 0.0287. The number of aliphatic hydroxyl groups is 1. The highest BCUT2D eigenvalue weighted by Gasteiger charge is 2.43. The van der Waals surface area contributed by atoms with E-state index in [9.17, 15) is 14.3 Å². The fourth-order valence-electron chi connectivity index (χ4n) is 3.24. The summed E-state index contributed by atoms with van der Waals surface area (Å²) in [6, 6.07) is 1.20. The van der Waals surface area contributed by atoms with Crippen LogP contribution in [0.25, 0.3) is 0 Å². The number of aliphatic hydroxyl groups excluding tert-OH is 1. The lowest BCUT2D eigenvalue weighted by atomic mass is 9.99. The van der Waals surface area contributed by atoms with Crippen molar-refractivity contribution in [2.24, 2.45) is 0 Å². The van der Waals surface area contributed by atoms with Crippen LogP contribution in [0.5, 0.6) is 0 Å². The third-order valence-electron chi connectivity index (χ3n) is 4.06. The van der Waals surface area contributed by atoms with E-state index < -0.39 is 5.82 Å². The summed E-state index contributed by atoms with van der Waals surface area (Å²) >= 11 is 0. The van der Waals surface area contributed by atoms with Gasteiger partial charge >= 0.3 is 0 Å². The van der Waals surface area contributed by atoms with Gasteiger partial charge < -0.3 is 15.7 Å². The average Bonchev–Trinajstić information content (AvgIpc) is 2.64. The first-order valence-electron chi connectivity index (χ1n) is 6.48. The van der Waals surface area contributed by atoms with Crippen LogP contribution < -0.4 is 5.73 Å². The molecule has 2 bridgehead atoms. The largest absolute Gasteiger partial charge is 0.393 e. The fourth-order valence-corrected chi connectivity index (χ4v) is 3.24. The van der Waals surface area contributed by atoms with Gasteiger partial charge in [-0.15, -0.1) is 0 Å². The number of rotatable bonds is 1. The summed E-state index contributed by atoms with van der Waals surface area (Å²) in [4.78, 5) is 17.9. The van der Waals surface area contributed by atoms with Gasteiger partial charge in [0, 0.05) is 12.1 Å². The first kappa shape index (κ1) is 12.3. The smallest absolute Gasteiger partial charge is 0.258 e. The van der Waals surface area contributed by atoms with E-state index in [2.05, 4.69) is 4.98 Å². The SMILES string of the molecule is Nc1ncc(F)cc1C(=O)N1C2CCC1CC(O)C2. The molecular weight excluding hydrogens is 249 g/mol. The number of hydrogen-bond donors (Lipinski definition) is 2. The lowest BCUT2D eigenvalue weighted by Crippen LogP contribution is -2.48. The van der Waals surface area contributed by atoms with E-state index in [1.54, 1.807) is 4.90 Å². The molecule has 2 saturated heterocycles. The van der Waals surface area contributed by atoms with Crippen LogP contribution in [0.2, 0.25) is 0 Å². The molecule has 3 N–H and O–H groups in total. The number of piperidine rings is 1. The Labute approximate surface area is 110 Å². The van der Waals surface area contributed by atoms with Gasteiger partial charge in [-0.1, -0.05) is 0 Å². The van der Waals surface area contributed by atoms with Crippen LogP contribution in [-0.4, -0.2) is 39.1 Å². The number of halogens is 1. The Morgan fingerprint density at radius 1 is 1.42 bits per heavy atom. The molecule has 0 spiro atoms. The second-order valence-corrected chi connectivity index (χ2v) is 5.31. The molecule has 2 aliphatic heterocycles. The summed E-state index contributed by atoms with van der Waals surface area (Å²) in [6.45, 7) is 0. The number of nitrogen functional groups attached to an aromatic ring is 1. The Morgan fingerprint density at radius 3 is 2.68 bits per heavy atom. The summed E-state index contributed by atoms with van der Waals surface area (Å²) in [5, 5.41) is 9.72. The summed E-state index contributed by atoms with van der Waals surface area (Å²) in [6.07, 6.45) is 3.60. The summed E-state index contributed by atoms with van der Waals surface area (Å²) in [5.74, 6) is -0.789. The third-order valence-corrected chi connectivity index (χ3v) is 4.06. The van der Waals surface area contributed by atoms with E-state index in [1.807, 2.05) is 0 Å². The van der Waals surface area contributed by atoms with E-state index in [4.69, 9.17) is 5.73 Å². The predicted molar refractivity (Wildman–Crippen MR) is 66.8 cm³/mol. The van der Waals surface area contributed by atoms with Gasteiger partial charge in [0.2, 0.25) is 0 Å². The van der Waals surface area contributed by atoms with Crippen molar-refractivity contribution in [1.82, 2.24) is 9.88 Å². The van der Waals surface area contributed by atoms with Crippen LogP contribution in [0.15, 0.2) is 12.3 Å². The average molecular weight is 265 g/mol. The monoisotopic (exact) mass is 265 g/mol. The minimum Gasteiger partial charge on any atom is -0.393 e. The van der Waals surface area contributed by atoms with Crippen LogP contribution >= 0.6 is 0 Å². The Balaban J connectivity index is 1.90. The number of amides is 1. The molecule has 19 heavy (non-hydrogen) atoms. The Kier molecular flexibility index (Phi) is 2.89. The zero-order valence-electron chi connectivity index (χ0n) is 10.4. The van der Waals surface area contributed by atoms with Crippen molar-refractivity contribution in [2.45, 2.75) is 43.9 Å². The molecule has 0 aromatic carbocycles. The molecule has 2 aliphatic rings. The van der Waals surface area contributed by atoms with Crippen molar-refractivity contribution >= 4 is 11.7 Å². The quantitative estimate of drug-likeness (QED) is 0.791. The van der Waals surface area contributed by atoms with Crippen molar-refractivity contribution in [3.63, 3.8) is 0 Å². The predicted octanol–water partition coefficient (Wildman–Crippen LogP) is 0.931. The summed E-state index contributed by atoms with van der Waals surface area (Å²) in [7, 11) is 0.